The molecule has 100 valence electrons. The number of rotatable bonds is 5. The molecular formula is C14H20O4. The molecule has 4 nitrogen and oxygen atoms in total. The Labute approximate surface area is 108 Å². The van der Waals surface area contributed by atoms with Gasteiger partial charge in [-0.25, -0.2) is 4.79 Å². The molecule has 0 radical (unpaired) electrons. The highest BCUT2D eigenvalue weighted by atomic mass is 16.5. The topological polar surface area (TPSA) is 55.8 Å². The molecule has 0 saturated heterocycles. The Morgan fingerprint density at radius 3 is 2.56 bits per heavy atom. The van der Waals surface area contributed by atoms with E-state index < -0.39 is 5.97 Å². The van der Waals surface area contributed by atoms with Crippen LogP contribution in [-0.4, -0.2) is 31.4 Å². The third kappa shape index (κ3) is 3.23. The van der Waals surface area contributed by atoms with Crippen LogP contribution in [0.15, 0.2) is 12.1 Å². The van der Waals surface area contributed by atoms with Crippen LogP contribution in [0.2, 0.25) is 0 Å². The number of aryl methyl sites for hydroxylation is 1. The van der Waals surface area contributed by atoms with E-state index in [0.29, 0.717) is 5.56 Å². The zero-order valence-corrected chi connectivity index (χ0v) is 11.3. The first-order valence-electron chi connectivity index (χ1n) is 5.97. The van der Waals surface area contributed by atoms with Gasteiger partial charge in [0.25, 0.3) is 0 Å². The molecular weight excluding hydrogens is 232 g/mol. The van der Waals surface area contributed by atoms with E-state index in [9.17, 15) is 4.79 Å². The van der Waals surface area contributed by atoms with Gasteiger partial charge in [-0.05, 0) is 36.1 Å². The van der Waals surface area contributed by atoms with E-state index in [-0.39, 0.29) is 19.1 Å². The van der Waals surface area contributed by atoms with Crippen molar-refractivity contribution < 1.29 is 19.4 Å². The molecule has 0 fully saturated rings. The molecule has 0 bridgehead atoms. The van der Waals surface area contributed by atoms with E-state index in [2.05, 4.69) is 0 Å². The lowest BCUT2D eigenvalue weighted by Crippen LogP contribution is -2.11. The lowest BCUT2D eigenvalue weighted by molar-refractivity contribution is 0.0432. The fourth-order valence-electron chi connectivity index (χ4n) is 1.76. The van der Waals surface area contributed by atoms with Crippen molar-refractivity contribution >= 4 is 5.97 Å². The van der Waals surface area contributed by atoms with Gasteiger partial charge in [-0.3, -0.25) is 0 Å². The van der Waals surface area contributed by atoms with Gasteiger partial charge < -0.3 is 14.6 Å². The molecule has 1 aromatic rings. The van der Waals surface area contributed by atoms with Gasteiger partial charge in [0.15, 0.2) is 0 Å². The molecule has 18 heavy (non-hydrogen) atoms. The normalized spacial score (nSPS) is 10.6. The maximum Gasteiger partial charge on any atom is 0.338 e. The number of methoxy groups -OCH3 is 1. The fourth-order valence-corrected chi connectivity index (χ4v) is 1.76. The summed E-state index contributed by atoms with van der Waals surface area (Å²) in [4.78, 5) is 11.8. The van der Waals surface area contributed by atoms with Crippen LogP contribution in [0.25, 0.3) is 0 Å². The van der Waals surface area contributed by atoms with Gasteiger partial charge in [0, 0.05) is 0 Å². The molecule has 0 aliphatic heterocycles. The second kappa shape index (κ2) is 6.40. The highest BCUT2D eigenvalue weighted by Crippen LogP contribution is 2.29. The van der Waals surface area contributed by atoms with E-state index in [4.69, 9.17) is 14.6 Å². The summed E-state index contributed by atoms with van der Waals surface area (Å²) in [5.41, 5.74) is 2.30. The highest BCUT2D eigenvalue weighted by molar-refractivity contribution is 5.91. The Morgan fingerprint density at radius 2 is 2.06 bits per heavy atom. The Morgan fingerprint density at radius 1 is 1.39 bits per heavy atom. The van der Waals surface area contributed by atoms with E-state index in [1.165, 1.54) is 0 Å². The standard InChI is InChI=1S/C14H20O4/c1-9(2)11-8-12(14(16)18-6-5-15)10(3)7-13(11)17-4/h7-9,15H,5-6H2,1-4H3. The van der Waals surface area contributed by atoms with Crippen molar-refractivity contribution in [3.8, 4) is 5.75 Å². The summed E-state index contributed by atoms with van der Waals surface area (Å²) < 4.78 is 10.2. The lowest BCUT2D eigenvalue weighted by atomic mass is 9.96. The molecule has 0 saturated carbocycles. The third-order valence-corrected chi connectivity index (χ3v) is 2.74. The number of carbonyl (C=O) groups is 1. The first-order chi connectivity index (χ1) is 8.51. The number of carbonyl (C=O) groups excluding carboxylic acids is 1. The number of hydrogen-bond donors (Lipinski definition) is 1. The van der Waals surface area contributed by atoms with Crippen molar-refractivity contribution in [1.29, 1.82) is 0 Å². The number of aliphatic hydroxyl groups is 1. The zero-order chi connectivity index (χ0) is 13.7. The van der Waals surface area contributed by atoms with E-state index in [1.54, 1.807) is 13.2 Å². The molecule has 0 atom stereocenters. The average molecular weight is 252 g/mol. The summed E-state index contributed by atoms with van der Waals surface area (Å²) in [7, 11) is 1.62. The van der Waals surface area contributed by atoms with Gasteiger partial charge in [0.1, 0.15) is 12.4 Å². The van der Waals surface area contributed by atoms with Crippen molar-refractivity contribution in [2.24, 2.45) is 0 Å². The maximum absolute atomic E-state index is 11.8. The predicted molar refractivity (Wildman–Crippen MR) is 69.2 cm³/mol. The molecule has 0 aliphatic carbocycles. The van der Waals surface area contributed by atoms with E-state index in [0.717, 1.165) is 16.9 Å². The Kier molecular flexibility index (Phi) is 5.16. The van der Waals surface area contributed by atoms with Crippen LogP contribution < -0.4 is 4.74 Å². The first-order valence-corrected chi connectivity index (χ1v) is 5.97. The van der Waals surface area contributed by atoms with Crippen molar-refractivity contribution in [3.63, 3.8) is 0 Å². The van der Waals surface area contributed by atoms with Gasteiger partial charge in [-0.1, -0.05) is 13.8 Å². The number of ether oxygens (including phenoxy) is 2. The molecule has 1 N–H and O–H groups in total. The molecule has 0 unspecified atom stereocenters. The predicted octanol–water partition coefficient (Wildman–Crippen LogP) is 2.28. The zero-order valence-electron chi connectivity index (χ0n) is 11.3. The van der Waals surface area contributed by atoms with Crippen LogP contribution >= 0.6 is 0 Å². The summed E-state index contributed by atoms with van der Waals surface area (Å²) in [5.74, 6) is 0.622. The van der Waals surface area contributed by atoms with Gasteiger partial charge >= 0.3 is 5.97 Å². The van der Waals surface area contributed by atoms with Gasteiger partial charge in [-0.2, -0.15) is 0 Å². The largest absolute Gasteiger partial charge is 0.496 e. The van der Waals surface area contributed by atoms with Crippen molar-refractivity contribution in [2.45, 2.75) is 26.7 Å². The molecule has 0 aliphatic rings. The Bertz CT molecular complexity index is 424. The minimum atomic E-state index is -0.411. The first kappa shape index (κ1) is 14.5. The van der Waals surface area contributed by atoms with Crippen LogP contribution in [0.3, 0.4) is 0 Å². The number of esters is 1. The summed E-state index contributed by atoms with van der Waals surface area (Å²) >= 11 is 0. The molecule has 0 amide bonds. The maximum atomic E-state index is 11.8. The molecule has 0 spiro atoms. The van der Waals surface area contributed by atoms with Crippen LogP contribution in [0.4, 0.5) is 0 Å². The smallest absolute Gasteiger partial charge is 0.338 e. The van der Waals surface area contributed by atoms with Crippen molar-refractivity contribution in [1.82, 2.24) is 0 Å². The number of aliphatic hydroxyl groups excluding tert-OH is 1. The van der Waals surface area contributed by atoms with Gasteiger partial charge in [-0.15, -0.1) is 0 Å². The quantitative estimate of drug-likeness (QED) is 0.817. The Hall–Kier alpha value is -1.55. The number of hydrogen-bond acceptors (Lipinski definition) is 4. The van der Waals surface area contributed by atoms with Crippen LogP contribution in [0, 0.1) is 6.92 Å². The van der Waals surface area contributed by atoms with Gasteiger partial charge in [0.05, 0.1) is 19.3 Å². The average Bonchev–Trinajstić information content (AvgIpc) is 2.34. The summed E-state index contributed by atoms with van der Waals surface area (Å²) in [6.07, 6.45) is 0. The summed E-state index contributed by atoms with van der Waals surface area (Å²) in [6, 6.07) is 3.64. The summed E-state index contributed by atoms with van der Waals surface area (Å²) in [6.45, 7) is 5.76. The minimum Gasteiger partial charge on any atom is -0.496 e. The molecule has 4 heteroatoms. The van der Waals surface area contributed by atoms with Crippen LogP contribution in [0.1, 0.15) is 41.3 Å². The highest BCUT2D eigenvalue weighted by Gasteiger charge is 2.16. The molecule has 0 heterocycles. The van der Waals surface area contributed by atoms with E-state index >= 15 is 0 Å². The monoisotopic (exact) mass is 252 g/mol. The van der Waals surface area contributed by atoms with Crippen molar-refractivity contribution in [2.75, 3.05) is 20.3 Å². The number of benzene rings is 1. The van der Waals surface area contributed by atoms with Crippen LogP contribution in [0.5, 0.6) is 5.75 Å². The van der Waals surface area contributed by atoms with Crippen molar-refractivity contribution in [3.05, 3.63) is 28.8 Å². The SMILES string of the molecule is COc1cc(C)c(C(=O)OCCO)cc1C(C)C. The summed E-state index contributed by atoms with van der Waals surface area (Å²) in [5, 5.41) is 8.66. The molecule has 1 rings (SSSR count). The second-order valence-corrected chi connectivity index (χ2v) is 4.42. The minimum absolute atomic E-state index is 0.0152. The molecule has 0 aromatic heterocycles. The lowest BCUT2D eigenvalue weighted by Gasteiger charge is -2.15. The van der Waals surface area contributed by atoms with E-state index in [1.807, 2.05) is 26.8 Å². The Balaban J connectivity index is 3.13. The van der Waals surface area contributed by atoms with Crippen LogP contribution in [-0.2, 0) is 4.74 Å². The second-order valence-electron chi connectivity index (χ2n) is 4.42. The van der Waals surface area contributed by atoms with Gasteiger partial charge in [0.2, 0.25) is 0 Å². The fraction of sp³-hybridized carbons (Fsp3) is 0.500. The molecule has 1 aromatic carbocycles. The third-order valence-electron chi connectivity index (χ3n) is 2.74.